The number of nitrogens with two attached hydrogens (primary N) is 1. The molecule has 1 heterocycles. The normalized spacial score (nSPS) is 16.3. The first-order valence-electron chi connectivity index (χ1n) is 9.62. The Morgan fingerprint density at radius 3 is 2.35 bits per heavy atom. The van der Waals surface area contributed by atoms with Gasteiger partial charge in [-0.1, -0.05) is 12.1 Å². The van der Waals surface area contributed by atoms with Crippen LogP contribution in [-0.4, -0.2) is 52.1 Å². The first kappa shape index (κ1) is 23.3. The second-order valence-corrected chi connectivity index (χ2v) is 10.9. The molecule has 0 radical (unpaired) electrons. The number of rotatable bonds is 6. The van der Waals surface area contributed by atoms with Gasteiger partial charge in [0.2, 0.25) is 20.0 Å². The second-order valence-electron chi connectivity index (χ2n) is 7.47. The lowest BCUT2D eigenvalue weighted by molar-refractivity contribution is 0.0742. The highest BCUT2D eigenvalue weighted by Gasteiger charge is 2.31. The average Bonchev–Trinajstić information content (AvgIpc) is 3.27. The number of nitrogens with zero attached hydrogens (tertiary/aromatic N) is 2. The monoisotopic (exact) mass is 469 g/mol. The summed E-state index contributed by atoms with van der Waals surface area (Å²) in [5, 5.41) is 5.17. The Morgan fingerprint density at radius 2 is 1.74 bits per heavy atom. The lowest BCUT2D eigenvalue weighted by Gasteiger charge is -2.26. The molecule has 1 aliphatic heterocycles. The number of sulfonamides is 2. The van der Waals surface area contributed by atoms with Gasteiger partial charge in [0.25, 0.3) is 5.91 Å². The van der Waals surface area contributed by atoms with Crippen LogP contribution in [0.2, 0.25) is 0 Å². The molecule has 2 aromatic carbocycles. The lowest BCUT2D eigenvalue weighted by Crippen LogP contribution is -2.31. The highest BCUT2D eigenvalue weighted by molar-refractivity contribution is 7.89. The zero-order chi connectivity index (χ0) is 23.0. The Morgan fingerprint density at radius 1 is 1.10 bits per heavy atom. The summed E-state index contributed by atoms with van der Waals surface area (Å²) >= 11 is 0. The smallest absolute Gasteiger partial charge is 0.254 e. The Balaban J connectivity index is 1.91. The van der Waals surface area contributed by atoms with Gasteiger partial charge in [-0.3, -0.25) is 4.79 Å². The number of carbonyl (C=O) groups is 1. The summed E-state index contributed by atoms with van der Waals surface area (Å²) in [5.41, 5.74) is 0.533. The standard InChI is InChI=1S/C20H24FN3O5S2/c1-14(15-6-5-7-17(12-15)30(22,26)27)23(2)20(25)16-8-9-18(21)19(13-16)31(28,29)24-10-3-4-11-24/h5-9,12-14H,3-4,10-11H2,1-2H3,(H2,22,26,27). The van der Waals surface area contributed by atoms with Gasteiger partial charge in [-0.2, -0.15) is 4.31 Å². The minimum Gasteiger partial charge on any atom is -0.335 e. The fourth-order valence-electron chi connectivity index (χ4n) is 3.46. The molecule has 0 aliphatic carbocycles. The Labute approximate surface area is 181 Å². The zero-order valence-electron chi connectivity index (χ0n) is 17.2. The first-order chi connectivity index (χ1) is 14.4. The predicted molar refractivity (Wildman–Crippen MR) is 113 cm³/mol. The largest absolute Gasteiger partial charge is 0.335 e. The van der Waals surface area contributed by atoms with Gasteiger partial charge in [0.15, 0.2) is 0 Å². The molecule has 2 aromatic rings. The van der Waals surface area contributed by atoms with Crippen LogP contribution in [0.15, 0.2) is 52.3 Å². The van der Waals surface area contributed by atoms with E-state index >= 15 is 0 Å². The molecule has 1 atom stereocenters. The number of hydrogen-bond donors (Lipinski definition) is 1. The summed E-state index contributed by atoms with van der Waals surface area (Å²) in [6.45, 7) is 2.32. The molecule has 168 valence electrons. The second kappa shape index (κ2) is 8.65. The molecule has 1 aliphatic rings. The molecule has 1 saturated heterocycles. The van der Waals surface area contributed by atoms with Crippen molar-refractivity contribution in [3.8, 4) is 0 Å². The molecule has 0 aromatic heterocycles. The number of hydrogen-bond acceptors (Lipinski definition) is 5. The highest BCUT2D eigenvalue weighted by Crippen LogP contribution is 2.27. The molecular weight excluding hydrogens is 445 g/mol. The van der Waals surface area contributed by atoms with Crippen molar-refractivity contribution in [1.29, 1.82) is 0 Å². The van der Waals surface area contributed by atoms with Crippen LogP contribution in [0.5, 0.6) is 0 Å². The number of benzene rings is 2. The summed E-state index contributed by atoms with van der Waals surface area (Å²) in [4.78, 5) is 13.7. The summed E-state index contributed by atoms with van der Waals surface area (Å²) in [6, 6.07) is 8.58. The van der Waals surface area contributed by atoms with E-state index in [0.717, 1.165) is 12.1 Å². The van der Waals surface area contributed by atoms with Crippen LogP contribution in [0.1, 0.15) is 41.7 Å². The third-order valence-corrected chi connectivity index (χ3v) is 8.26. The van der Waals surface area contributed by atoms with Crippen molar-refractivity contribution < 1.29 is 26.0 Å². The minimum atomic E-state index is -4.04. The van der Waals surface area contributed by atoms with Crippen LogP contribution >= 0.6 is 0 Å². The number of halogens is 1. The van der Waals surface area contributed by atoms with E-state index in [1.807, 2.05) is 0 Å². The van der Waals surface area contributed by atoms with Gasteiger partial charge in [-0.05, 0) is 55.7 Å². The Bertz CT molecular complexity index is 1210. The molecule has 1 unspecified atom stereocenters. The van der Waals surface area contributed by atoms with Gasteiger partial charge in [0.1, 0.15) is 10.7 Å². The van der Waals surface area contributed by atoms with Crippen LogP contribution in [0.4, 0.5) is 4.39 Å². The molecule has 1 fully saturated rings. The van der Waals surface area contributed by atoms with E-state index in [4.69, 9.17) is 5.14 Å². The Kier molecular flexibility index (Phi) is 6.51. The number of primary sulfonamides is 1. The van der Waals surface area contributed by atoms with E-state index in [9.17, 15) is 26.0 Å². The molecule has 0 bridgehead atoms. The average molecular weight is 470 g/mol. The van der Waals surface area contributed by atoms with Gasteiger partial charge < -0.3 is 4.90 Å². The first-order valence-corrected chi connectivity index (χ1v) is 12.6. The molecular formula is C20H24FN3O5S2. The van der Waals surface area contributed by atoms with E-state index in [1.54, 1.807) is 13.0 Å². The van der Waals surface area contributed by atoms with E-state index in [2.05, 4.69) is 0 Å². The molecule has 2 N–H and O–H groups in total. The Hall–Kier alpha value is -2.34. The van der Waals surface area contributed by atoms with Crippen LogP contribution in [0.25, 0.3) is 0 Å². The van der Waals surface area contributed by atoms with E-state index in [-0.39, 0.29) is 10.5 Å². The maximum Gasteiger partial charge on any atom is 0.254 e. The molecule has 3 rings (SSSR count). The molecule has 1 amide bonds. The topological polar surface area (TPSA) is 118 Å². The van der Waals surface area contributed by atoms with Crippen LogP contribution in [-0.2, 0) is 20.0 Å². The third-order valence-electron chi connectivity index (χ3n) is 5.43. The lowest BCUT2D eigenvalue weighted by atomic mass is 10.1. The fraction of sp³-hybridized carbons (Fsp3) is 0.350. The van der Waals surface area contributed by atoms with E-state index < -0.39 is 42.7 Å². The summed E-state index contributed by atoms with van der Waals surface area (Å²) in [6.07, 6.45) is 1.41. The van der Waals surface area contributed by atoms with Gasteiger partial charge in [0.05, 0.1) is 10.9 Å². The molecule has 0 saturated carbocycles. The quantitative estimate of drug-likeness (QED) is 0.695. The van der Waals surface area contributed by atoms with Crippen LogP contribution in [0.3, 0.4) is 0 Å². The molecule has 11 heteroatoms. The van der Waals surface area contributed by atoms with Gasteiger partial charge >= 0.3 is 0 Å². The van der Waals surface area contributed by atoms with E-state index in [1.165, 1.54) is 40.5 Å². The van der Waals surface area contributed by atoms with Crippen molar-refractivity contribution in [2.45, 2.75) is 35.6 Å². The summed E-state index contributed by atoms with van der Waals surface area (Å²) in [5.74, 6) is -1.45. The van der Waals surface area contributed by atoms with Gasteiger partial charge in [-0.25, -0.2) is 26.4 Å². The van der Waals surface area contributed by atoms with Gasteiger partial charge in [0, 0.05) is 25.7 Å². The predicted octanol–water partition coefficient (Wildman–Crippen LogP) is 2.09. The highest BCUT2D eigenvalue weighted by atomic mass is 32.2. The van der Waals surface area contributed by atoms with Crippen molar-refractivity contribution in [3.05, 3.63) is 59.4 Å². The maximum absolute atomic E-state index is 14.4. The van der Waals surface area contributed by atoms with Crippen molar-refractivity contribution in [3.63, 3.8) is 0 Å². The number of amides is 1. The van der Waals surface area contributed by atoms with Crippen molar-refractivity contribution in [1.82, 2.24) is 9.21 Å². The summed E-state index contributed by atoms with van der Waals surface area (Å²) in [7, 11) is -6.45. The van der Waals surface area contributed by atoms with Crippen molar-refractivity contribution in [2.24, 2.45) is 5.14 Å². The zero-order valence-corrected chi connectivity index (χ0v) is 18.8. The number of carbonyl (C=O) groups excluding carboxylic acids is 1. The molecule has 8 nitrogen and oxygen atoms in total. The van der Waals surface area contributed by atoms with Crippen molar-refractivity contribution >= 4 is 26.0 Å². The fourth-order valence-corrected chi connectivity index (χ4v) is 5.63. The molecule has 31 heavy (non-hydrogen) atoms. The van der Waals surface area contributed by atoms with Crippen molar-refractivity contribution in [2.75, 3.05) is 20.1 Å². The minimum absolute atomic E-state index is 0.0103. The molecule has 0 spiro atoms. The van der Waals surface area contributed by atoms with Crippen LogP contribution < -0.4 is 5.14 Å². The summed E-state index contributed by atoms with van der Waals surface area (Å²) < 4.78 is 64.3. The van der Waals surface area contributed by atoms with E-state index in [0.29, 0.717) is 31.5 Å². The van der Waals surface area contributed by atoms with Crippen LogP contribution in [0, 0.1) is 5.82 Å². The van der Waals surface area contributed by atoms with Gasteiger partial charge in [-0.15, -0.1) is 0 Å². The third kappa shape index (κ3) is 4.79. The maximum atomic E-state index is 14.4. The SMILES string of the molecule is CC(c1cccc(S(N)(=O)=O)c1)N(C)C(=O)c1ccc(F)c(S(=O)(=O)N2CCCC2)c1.